The van der Waals surface area contributed by atoms with E-state index in [1.165, 1.54) is 193 Å². The highest BCUT2D eigenvalue weighted by molar-refractivity contribution is 5.76. The van der Waals surface area contributed by atoms with Crippen LogP contribution >= 0.6 is 0 Å². The molecule has 3 N–H and O–H groups in total. The molecule has 0 saturated carbocycles. The molecular formula is C70H121NO3. The van der Waals surface area contributed by atoms with Gasteiger partial charge < -0.3 is 15.5 Å². The molecule has 2 unspecified atom stereocenters. The Kier molecular flexibility index (Phi) is 61.3. The summed E-state index contributed by atoms with van der Waals surface area (Å²) < 4.78 is 0. The van der Waals surface area contributed by atoms with Gasteiger partial charge in [-0.3, -0.25) is 4.79 Å². The Morgan fingerprint density at radius 2 is 0.608 bits per heavy atom. The van der Waals surface area contributed by atoms with E-state index >= 15 is 0 Å². The molecule has 424 valence electrons. The number of allylic oxidation sites excluding steroid dienone is 19. The van der Waals surface area contributed by atoms with Gasteiger partial charge in [-0.05, 0) is 103 Å². The summed E-state index contributed by atoms with van der Waals surface area (Å²) in [6.07, 6.45) is 98.2. The summed E-state index contributed by atoms with van der Waals surface area (Å²) in [5.74, 6) is -0.0785. The van der Waals surface area contributed by atoms with Gasteiger partial charge in [0.25, 0.3) is 0 Å². The van der Waals surface area contributed by atoms with Crippen LogP contribution in [0.15, 0.2) is 122 Å². The quantitative estimate of drug-likeness (QED) is 0.0420. The molecule has 0 aromatic rings. The van der Waals surface area contributed by atoms with Crippen molar-refractivity contribution >= 4 is 5.91 Å². The molecule has 4 heteroatoms. The van der Waals surface area contributed by atoms with Crippen molar-refractivity contribution in [3.63, 3.8) is 0 Å². The van der Waals surface area contributed by atoms with E-state index in [1.54, 1.807) is 6.08 Å². The highest BCUT2D eigenvalue weighted by Gasteiger charge is 2.18. The molecule has 0 aliphatic rings. The van der Waals surface area contributed by atoms with E-state index in [2.05, 4.69) is 129 Å². The van der Waals surface area contributed by atoms with Crippen molar-refractivity contribution < 1.29 is 15.0 Å². The fourth-order valence-corrected chi connectivity index (χ4v) is 9.13. The van der Waals surface area contributed by atoms with Crippen LogP contribution in [0.1, 0.15) is 296 Å². The molecule has 0 rings (SSSR count). The summed E-state index contributed by atoms with van der Waals surface area (Å²) in [5, 5.41) is 23.2. The molecule has 0 saturated heterocycles. The zero-order valence-electron chi connectivity index (χ0n) is 48.8. The highest BCUT2D eigenvalue weighted by atomic mass is 16.3. The van der Waals surface area contributed by atoms with Crippen LogP contribution in [-0.2, 0) is 4.79 Å². The van der Waals surface area contributed by atoms with E-state index in [1.807, 2.05) is 6.08 Å². The van der Waals surface area contributed by atoms with Crippen molar-refractivity contribution in [2.75, 3.05) is 6.61 Å². The predicted octanol–water partition coefficient (Wildman–Crippen LogP) is 21.6. The van der Waals surface area contributed by atoms with Gasteiger partial charge in [-0.15, -0.1) is 0 Å². The first-order valence-electron chi connectivity index (χ1n) is 31.7. The standard InChI is InChI=1S/C70H121NO3/c1-3-5-7-9-11-13-15-17-19-21-23-25-27-28-29-30-31-32-33-34-35-36-37-38-39-40-41-42-44-46-48-50-52-54-56-58-60-62-64-66-70(74)71-68(67-72)69(73)65-63-61-59-57-55-53-51-49-47-45-43-26-24-22-20-18-16-14-12-10-8-6-4-2/h5,7,11,13,17,19,23,25,28-29,31-32,34-35,47,49,55,57,63,65,68-69,72-73H,3-4,6,8-10,12,14-16,18,20-22,24,26-27,30,33,36-46,48,50-54,56,58-62,64,66-67H2,1-2H3,(H,71,74)/b7-5-,13-11-,19-17-,25-23-,29-28-,32-31-,35-34-,49-47+,57-55+,65-63+. The summed E-state index contributed by atoms with van der Waals surface area (Å²) in [5.41, 5.74) is 0. The number of unbranched alkanes of at least 4 members (excludes halogenated alkanes) is 32. The molecule has 74 heavy (non-hydrogen) atoms. The smallest absolute Gasteiger partial charge is 0.220 e. The molecule has 0 spiro atoms. The monoisotopic (exact) mass is 1020 g/mol. The fraction of sp³-hybridized carbons (Fsp3) is 0.700. The molecule has 0 heterocycles. The molecule has 0 aromatic heterocycles. The lowest BCUT2D eigenvalue weighted by Crippen LogP contribution is -2.45. The molecule has 0 aromatic carbocycles. The third-order valence-corrected chi connectivity index (χ3v) is 13.9. The second-order valence-electron chi connectivity index (χ2n) is 21.1. The third kappa shape index (κ3) is 59.7. The molecule has 0 bridgehead atoms. The maximum Gasteiger partial charge on any atom is 0.220 e. The Bertz CT molecular complexity index is 1440. The van der Waals surface area contributed by atoms with Crippen molar-refractivity contribution in [1.82, 2.24) is 5.32 Å². The van der Waals surface area contributed by atoms with Crippen LogP contribution in [0.3, 0.4) is 0 Å². The second kappa shape index (κ2) is 64.1. The van der Waals surface area contributed by atoms with Gasteiger partial charge in [-0.25, -0.2) is 0 Å². The molecule has 0 aliphatic heterocycles. The van der Waals surface area contributed by atoms with Crippen LogP contribution in [0.2, 0.25) is 0 Å². The van der Waals surface area contributed by atoms with Gasteiger partial charge in [0.05, 0.1) is 18.8 Å². The number of hydrogen-bond donors (Lipinski definition) is 3. The minimum Gasteiger partial charge on any atom is -0.394 e. The number of aliphatic hydroxyl groups excluding tert-OH is 2. The SMILES string of the molecule is CC/C=C\C/C=C\C/C=C\C/C=C\C/C=C\C/C=C\C/C=C\CCCCCCCCCCCCCCCCCCCC(=O)NC(CO)C(O)/C=C/CC/C=C/CC/C=C/CCCCCCCCCCCCCCC. The summed E-state index contributed by atoms with van der Waals surface area (Å²) >= 11 is 0. The average Bonchev–Trinajstić information content (AvgIpc) is 3.40. The van der Waals surface area contributed by atoms with Crippen LogP contribution in [0.4, 0.5) is 0 Å². The van der Waals surface area contributed by atoms with Gasteiger partial charge in [0.1, 0.15) is 0 Å². The first-order valence-corrected chi connectivity index (χ1v) is 31.7. The summed E-state index contributed by atoms with van der Waals surface area (Å²) in [7, 11) is 0. The maximum absolute atomic E-state index is 12.5. The molecule has 4 nitrogen and oxygen atoms in total. The molecule has 0 aliphatic carbocycles. The van der Waals surface area contributed by atoms with Crippen molar-refractivity contribution in [3.05, 3.63) is 122 Å². The van der Waals surface area contributed by atoms with Crippen LogP contribution in [0, 0.1) is 0 Å². The number of carbonyl (C=O) groups excluding carboxylic acids is 1. The number of amides is 1. The van der Waals surface area contributed by atoms with Crippen LogP contribution in [0.5, 0.6) is 0 Å². The van der Waals surface area contributed by atoms with Gasteiger partial charge >= 0.3 is 0 Å². The minimum absolute atomic E-state index is 0.0785. The van der Waals surface area contributed by atoms with Gasteiger partial charge in [0.15, 0.2) is 0 Å². The molecule has 0 fully saturated rings. The molecular weight excluding hydrogens is 903 g/mol. The lowest BCUT2D eigenvalue weighted by molar-refractivity contribution is -0.123. The van der Waals surface area contributed by atoms with Crippen molar-refractivity contribution in [2.45, 2.75) is 309 Å². The topological polar surface area (TPSA) is 69.6 Å². The van der Waals surface area contributed by atoms with Crippen molar-refractivity contribution in [2.24, 2.45) is 0 Å². The number of hydrogen-bond acceptors (Lipinski definition) is 3. The zero-order valence-corrected chi connectivity index (χ0v) is 48.8. The number of aliphatic hydroxyl groups is 2. The Morgan fingerprint density at radius 1 is 0.338 bits per heavy atom. The van der Waals surface area contributed by atoms with Gasteiger partial charge in [0.2, 0.25) is 5.91 Å². The molecule has 2 atom stereocenters. The van der Waals surface area contributed by atoms with Gasteiger partial charge in [-0.2, -0.15) is 0 Å². The van der Waals surface area contributed by atoms with Crippen molar-refractivity contribution in [1.29, 1.82) is 0 Å². The lowest BCUT2D eigenvalue weighted by Gasteiger charge is -2.19. The average molecular weight is 1020 g/mol. The van der Waals surface area contributed by atoms with E-state index in [4.69, 9.17) is 0 Å². The van der Waals surface area contributed by atoms with Crippen LogP contribution < -0.4 is 5.32 Å². The number of nitrogens with one attached hydrogen (secondary N) is 1. The Hall–Kier alpha value is -3.21. The Balaban J connectivity index is 3.55. The Morgan fingerprint density at radius 3 is 0.946 bits per heavy atom. The first kappa shape index (κ1) is 70.8. The van der Waals surface area contributed by atoms with Crippen molar-refractivity contribution in [3.8, 4) is 0 Å². The lowest BCUT2D eigenvalue weighted by atomic mass is 10.0. The minimum atomic E-state index is -0.877. The molecule has 1 amide bonds. The summed E-state index contributed by atoms with van der Waals surface area (Å²) in [4.78, 5) is 12.5. The predicted molar refractivity (Wildman–Crippen MR) is 331 cm³/mol. The van der Waals surface area contributed by atoms with E-state index in [-0.39, 0.29) is 12.5 Å². The van der Waals surface area contributed by atoms with Gasteiger partial charge in [-0.1, -0.05) is 309 Å². The Labute approximate surface area is 460 Å². The zero-order chi connectivity index (χ0) is 53.4. The van der Waals surface area contributed by atoms with E-state index in [9.17, 15) is 15.0 Å². The number of carbonyl (C=O) groups is 1. The second-order valence-corrected chi connectivity index (χ2v) is 21.1. The van der Waals surface area contributed by atoms with Crippen LogP contribution in [-0.4, -0.2) is 34.9 Å². The summed E-state index contributed by atoms with van der Waals surface area (Å²) in [6, 6.07) is -0.652. The van der Waals surface area contributed by atoms with E-state index in [0.29, 0.717) is 6.42 Å². The third-order valence-electron chi connectivity index (χ3n) is 13.9. The van der Waals surface area contributed by atoms with Crippen LogP contribution in [0.25, 0.3) is 0 Å². The maximum atomic E-state index is 12.5. The molecule has 0 radical (unpaired) electrons. The van der Waals surface area contributed by atoms with Gasteiger partial charge in [0, 0.05) is 6.42 Å². The number of rotatable bonds is 57. The normalized spacial score (nSPS) is 13.6. The van der Waals surface area contributed by atoms with E-state index in [0.717, 1.165) is 83.5 Å². The first-order chi connectivity index (χ1) is 36.7. The van der Waals surface area contributed by atoms with E-state index < -0.39 is 12.1 Å². The summed E-state index contributed by atoms with van der Waals surface area (Å²) in [6.45, 7) is 4.19. The highest BCUT2D eigenvalue weighted by Crippen LogP contribution is 2.16. The fourth-order valence-electron chi connectivity index (χ4n) is 9.13. The largest absolute Gasteiger partial charge is 0.394 e.